The number of thiazole rings is 1. The zero-order valence-electron chi connectivity index (χ0n) is 15.9. The number of hydrogen-bond donors (Lipinski definition) is 1. The van der Waals surface area contributed by atoms with Crippen molar-refractivity contribution in [3.63, 3.8) is 0 Å². The SMILES string of the molecule is CCc1c(C(=O)COc2ccc(-c3csc(C)n3)cc2)[nH]c(C)c1C(C)=O. The van der Waals surface area contributed by atoms with Crippen molar-refractivity contribution in [1.29, 1.82) is 0 Å². The number of aromatic nitrogens is 2. The van der Waals surface area contributed by atoms with Gasteiger partial charge in [0.05, 0.1) is 16.4 Å². The van der Waals surface area contributed by atoms with Crippen molar-refractivity contribution < 1.29 is 14.3 Å². The van der Waals surface area contributed by atoms with Crippen LogP contribution in [0, 0.1) is 13.8 Å². The molecule has 2 aromatic heterocycles. The van der Waals surface area contributed by atoms with Crippen molar-refractivity contribution in [3.05, 3.63) is 57.2 Å². The summed E-state index contributed by atoms with van der Waals surface area (Å²) in [4.78, 5) is 32.0. The quantitative estimate of drug-likeness (QED) is 0.597. The topological polar surface area (TPSA) is 72.0 Å². The van der Waals surface area contributed by atoms with Gasteiger partial charge in [-0.1, -0.05) is 6.92 Å². The van der Waals surface area contributed by atoms with Gasteiger partial charge in [0.1, 0.15) is 5.75 Å². The molecule has 0 aliphatic rings. The lowest BCUT2D eigenvalue weighted by Gasteiger charge is -2.07. The fourth-order valence-corrected chi connectivity index (χ4v) is 3.81. The number of Topliss-reactive ketones (excluding diaryl/α,β-unsaturated/α-hetero) is 2. The van der Waals surface area contributed by atoms with E-state index >= 15 is 0 Å². The monoisotopic (exact) mass is 382 g/mol. The van der Waals surface area contributed by atoms with Gasteiger partial charge in [0.15, 0.2) is 12.4 Å². The maximum absolute atomic E-state index is 12.6. The number of nitrogens with one attached hydrogen (secondary N) is 1. The van der Waals surface area contributed by atoms with Crippen molar-refractivity contribution in [1.82, 2.24) is 9.97 Å². The third-order valence-electron chi connectivity index (χ3n) is 4.41. The van der Waals surface area contributed by atoms with Gasteiger partial charge in [-0.2, -0.15) is 0 Å². The Kier molecular flexibility index (Phi) is 5.56. The molecule has 27 heavy (non-hydrogen) atoms. The van der Waals surface area contributed by atoms with Gasteiger partial charge in [-0.05, 0) is 57.0 Å². The summed E-state index contributed by atoms with van der Waals surface area (Å²) in [6.45, 7) is 7.16. The standard InChI is InChI=1S/C21H22N2O3S/c1-5-17-20(13(3)24)12(2)22-21(17)19(25)10-26-16-8-6-15(7-9-16)18-11-27-14(4)23-18/h6-9,11,22H,5,10H2,1-4H3. The van der Waals surface area contributed by atoms with Crippen molar-refractivity contribution in [2.45, 2.75) is 34.1 Å². The zero-order valence-corrected chi connectivity index (χ0v) is 16.7. The Labute approximate surface area is 162 Å². The molecule has 0 fully saturated rings. The van der Waals surface area contributed by atoms with Crippen LogP contribution in [0.5, 0.6) is 5.75 Å². The summed E-state index contributed by atoms with van der Waals surface area (Å²) < 4.78 is 5.66. The van der Waals surface area contributed by atoms with Crippen LogP contribution >= 0.6 is 11.3 Å². The maximum Gasteiger partial charge on any atom is 0.216 e. The van der Waals surface area contributed by atoms with Gasteiger partial charge < -0.3 is 9.72 Å². The van der Waals surface area contributed by atoms with Crippen LogP contribution in [0.25, 0.3) is 11.3 Å². The van der Waals surface area contributed by atoms with Crippen molar-refractivity contribution >= 4 is 22.9 Å². The number of aryl methyl sites for hydroxylation is 2. The van der Waals surface area contributed by atoms with E-state index in [-0.39, 0.29) is 18.2 Å². The number of ketones is 2. The number of benzene rings is 1. The summed E-state index contributed by atoms with van der Waals surface area (Å²) in [5.41, 5.74) is 4.52. The molecule has 0 amide bonds. The van der Waals surface area contributed by atoms with Gasteiger partial charge in [0.25, 0.3) is 0 Å². The Bertz CT molecular complexity index is 984. The van der Waals surface area contributed by atoms with E-state index < -0.39 is 0 Å². The molecule has 0 bridgehead atoms. The molecule has 140 valence electrons. The number of aromatic amines is 1. The van der Waals surface area contributed by atoms with Crippen LogP contribution in [0.15, 0.2) is 29.6 Å². The Morgan fingerprint density at radius 1 is 1.19 bits per heavy atom. The Balaban J connectivity index is 1.71. The molecule has 0 atom stereocenters. The van der Waals surface area contributed by atoms with Gasteiger partial charge in [-0.25, -0.2) is 4.98 Å². The average Bonchev–Trinajstić information content (AvgIpc) is 3.23. The molecule has 0 unspecified atom stereocenters. The number of carbonyl (C=O) groups excluding carboxylic acids is 2. The molecule has 1 aromatic carbocycles. The molecule has 5 nitrogen and oxygen atoms in total. The lowest BCUT2D eigenvalue weighted by molar-refractivity contribution is 0.0916. The molecule has 0 aliphatic carbocycles. The summed E-state index contributed by atoms with van der Waals surface area (Å²) in [6.07, 6.45) is 0.613. The molecular weight excluding hydrogens is 360 g/mol. The highest BCUT2D eigenvalue weighted by Crippen LogP contribution is 2.24. The first-order chi connectivity index (χ1) is 12.9. The van der Waals surface area contributed by atoms with E-state index in [1.807, 2.05) is 50.4 Å². The first-order valence-electron chi connectivity index (χ1n) is 8.81. The summed E-state index contributed by atoms with van der Waals surface area (Å²) >= 11 is 1.61. The van der Waals surface area contributed by atoms with Crippen molar-refractivity contribution in [2.24, 2.45) is 0 Å². The number of H-pyrrole nitrogens is 1. The van der Waals surface area contributed by atoms with Gasteiger partial charge in [0.2, 0.25) is 5.78 Å². The fourth-order valence-electron chi connectivity index (χ4n) is 3.18. The molecule has 2 heterocycles. The number of hydrogen-bond acceptors (Lipinski definition) is 5. The lowest BCUT2D eigenvalue weighted by Crippen LogP contribution is -2.14. The minimum Gasteiger partial charge on any atom is -0.485 e. The molecule has 0 spiro atoms. The first-order valence-corrected chi connectivity index (χ1v) is 9.69. The third-order valence-corrected chi connectivity index (χ3v) is 5.19. The van der Waals surface area contributed by atoms with Crippen LogP contribution in [0.4, 0.5) is 0 Å². The lowest BCUT2D eigenvalue weighted by atomic mass is 10.0. The van der Waals surface area contributed by atoms with E-state index in [9.17, 15) is 9.59 Å². The Hall–Kier alpha value is -2.73. The van der Waals surface area contributed by atoms with Gasteiger partial charge in [-0.3, -0.25) is 9.59 Å². The van der Waals surface area contributed by atoms with E-state index in [0.717, 1.165) is 27.5 Å². The van der Waals surface area contributed by atoms with Crippen LogP contribution in [0.3, 0.4) is 0 Å². The van der Waals surface area contributed by atoms with Crippen LogP contribution in [-0.4, -0.2) is 28.1 Å². The summed E-state index contributed by atoms with van der Waals surface area (Å²) in [5.74, 6) is 0.419. The molecule has 6 heteroatoms. The molecule has 0 saturated carbocycles. The highest BCUT2D eigenvalue weighted by molar-refractivity contribution is 7.09. The highest BCUT2D eigenvalue weighted by atomic mass is 32.1. The highest BCUT2D eigenvalue weighted by Gasteiger charge is 2.21. The van der Waals surface area contributed by atoms with Crippen molar-refractivity contribution in [3.8, 4) is 17.0 Å². The number of nitrogens with zero attached hydrogens (tertiary/aromatic N) is 1. The number of carbonyl (C=O) groups is 2. The molecule has 3 aromatic rings. The second-order valence-corrected chi connectivity index (χ2v) is 7.44. The Morgan fingerprint density at radius 2 is 1.89 bits per heavy atom. The van der Waals surface area contributed by atoms with E-state index in [0.29, 0.717) is 23.4 Å². The van der Waals surface area contributed by atoms with Gasteiger partial charge in [0, 0.05) is 22.2 Å². The molecule has 0 aliphatic heterocycles. The third kappa shape index (κ3) is 4.01. The van der Waals surface area contributed by atoms with E-state index in [1.165, 1.54) is 6.92 Å². The predicted octanol–water partition coefficient (Wildman–Crippen LogP) is 4.78. The fraction of sp³-hybridized carbons (Fsp3) is 0.286. The van der Waals surface area contributed by atoms with Gasteiger partial charge in [-0.15, -0.1) is 11.3 Å². The molecule has 3 rings (SSSR count). The summed E-state index contributed by atoms with van der Waals surface area (Å²) in [5, 5.41) is 3.04. The Morgan fingerprint density at radius 3 is 2.44 bits per heavy atom. The van der Waals surface area contributed by atoms with E-state index in [2.05, 4.69) is 9.97 Å². The van der Waals surface area contributed by atoms with Gasteiger partial charge >= 0.3 is 0 Å². The smallest absolute Gasteiger partial charge is 0.216 e. The second-order valence-electron chi connectivity index (χ2n) is 6.38. The first kappa shape index (κ1) is 19.0. The van der Waals surface area contributed by atoms with Crippen LogP contribution in [-0.2, 0) is 6.42 Å². The minimum absolute atomic E-state index is 0.0339. The molecule has 0 radical (unpaired) electrons. The second kappa shape index (κ2) is 7.88. The average molecular weight is 382 g/mol. The zero-order chi connectivity index (χ0) is 19.6. The largest absolute Gasteiger partial charge is 0.485 e. The summed E-state index contributed by atoms with van der Waals surface area (Å²) in [6, 6.07) is 7.52. The molecule has 0 saturated heterocycles. The van der Waals surface area contributed by atoms with Crippen LogP contribution < -0.4 is 4.74 Å². The van der Waals surface area contributed by atoms with Crippen LogP contribution in [0.1, 0.15) is 51.0 Å². The molecule has 1 N–H and O–H groups in total. The maximum atomic E-state index is 12.6. The van der Waals surface area contributed by atoms with Crippen LogP contribution in [0.2, 0.25) is 0 Å². The summed E-state index contributed by atoms with van der Waals surface area (Å²) in [7, 11) is 0. The number of ether oxygens (including phenoxy) is 1. The predicted molar refractivity (Wildman–Crippen MR) is 107 cm³/mol. The number of rotatable bonds is 7. The molecular formula is C21H22N2O3S. The van der Waals surface area contributed by atoms with E-state index in [1.54, 1.807) is 11.3 Å². The normalized spacial score (nSPS) is 10.8. The minimum atomic E-state index is -0.165. The van der Waals surface area contributed by atoms with E-state index in [4.69, 9.17) is 4.74 Å². The van der Waals surface area contributed by atoms with Crippen molar-refractivity contribution in [2.75, 3.05) is 6.61 Å².